The van der Waals surface area contributed by atoms with Crippen LogP contribution < -0.4 is 4.72 Å². The largest absolute Gasteiger partial charge is 0.339 e. The number of carbonyl (C=O) groups excluding carboxylic acids is 1. The van der Waals surface area contributed by atoms with E-state index >= 15 is 0 Å². The molecule has 0 spiro atoms. The minimum absolute atomic E-state index is 0.0950. The molecule has 0 aliphatic carbocycles. The van der Waals surface area contributed by atoms with Gasteiger partial charge in [-0.2, -0.15) is 0 Å². The molecule has 0 saturated carbocycles. The fraction of sp³-hybridized carbons (Fsp3) is 0.400. The fourth-order valence-electron chi connectivity index (χ4n) is 3.17. The number of carbonyl (C=O) groups is 1. The molecule has 28 heavy (non-hydrogen) atoms. The van der Waals surface area contributed by atoms with Crippen LogP contribution in [0.5, 0.6) is 0 Å². The van der Waals surface area contributed by atoms with Crippen molar-refractivity contribution in [3.8, 4) is 0 Å². The summed E-state index contributed by atoms with van der Waals surface area (Å²) in [6, 6.07) is 8.28. The summed E-state index contributed by atoms with van der Waals surface area (Å²) in [5.41, 5.74) is 1.27. The van der Waals surface area contributed by atoms with Crippen LogP contribution >= 0.6 is 11.8 Å². The van der Waals surface area contributed by atoms with Gasteiger partial charge in [0.25, 0.3) is 5.91 Å². The number of pyridine rings is 1. The van der Waals surface area contributed by atoms with E-state index in [1.807, 2.05) is 11.2 Å². The van der Waals surface area contributed by atoms with Gasteiger partial charge in [-0.25, -0.2) is 13.1 Å². The number of piperidine rings is 1. The lowest BCUT2D eigenvalue weighted by atomic mass is 9.98. The zero-order valence-corrected chi connectivity index (χ0v) is 17.7. The van der Waals surface area contributed by atoms with Gasteiger partial charge in [0, 0.05) is 36.9 Å². The number of aromatic nitrogens is 1. The van der Waals surface area contributed by atoms with Crippen molar-refractivity contribution in [2.45, 2.75) is 36.1 Å². The maximum atomic E-state index is 13.0. The van der Waals surface area contributed by atoms with Crippen molar-refractivity contribution in [2.24, 2.45) is 5.92 Å². The number of hydrogen-bond donors (Lipinski definition) is 1. The number of amides is 1. The zero-order chi connectivity index (χ0) is 20.1. The quantitative estimate of drug-likeness (QED) is 0.728. The monoisotopic (exact) mass is 419 g/mol. The van der Waals surface area contributed by atoms with Gasteiger partial charge in [-0.05, 0) is 60.9 Å². The normalized spacial score (nSPS) is 15.6. The highest BCUT2D eigenvalue weighted by Gasteiger charge is 2.25. The highest BCUT2D eigenvalue weighted by molar-refractivity contribution is 7.98. The lowest BCUT2D eigenvalue weighted by Crippen LogP contribution is -2.38. The third-order valence-corrected chi connectivity index (χ3v) is 7.19. The summed E-state index contributed by atoms with van der Waals surface area (Å²) in [6.07, 6.45) is 7.08. The first-order chi connectivity index (χ1) is 13.4. The van der Waals surface area contributed by atoms with Crippen LogP contribution in [0.2, 0.25) is 0 Å². The predicted octanol–water partition coefficient (Wildman–Crippen LogP) is 3.15. The van der Waals surface area contributed by atoms with Crippen molar-refractivity contribution < 1.29 is 13.2 Å². The molecule has 6 nitrogen and oxygen atoms in total. The highest BCUT2D eigenvalue weighted by Crippen LogP contribution is 2.27. The molecule has 0 radical (unpaired) electrons. The van der Waals surface area contributed by atoms with Gasteiger partial charge in [-0.15, -0.1) is 11.8 Å². The van der Waals surface area contributed by atoms with Crippen LogP contribution in [0, 0.1) is 5.92 Å². The molecular formula is C20H25N3O3S2. The van der Waals surface area contributed by atoms with E-state index in [0.29, 0.717) is 24.6 Å². The Balaban J connectivity index is 1.82. The average molecular weight is 420 g/mol. The van der Waals surface area contributed by atoms with Crippen LogP contribution in [0.25, 0.3) is 0 Å². The van der Waals surface area contributed by atoms with E-state index in [2.05, 4.69) is 16.6 Å². The smallest absolute Gasteiger partial charge is 0.255 e. The minimum atomic E-state index is -3.73. The van der Waals surface area contributed by atoms with Crippen molar-refractivity contribution in [1.29, 1.82) is 0 Å². The second-order valence-electron chi connectivity index (χ2n) is 7.02. The van der Waals surface area contributed by atoms with Crippen LogP contribution in [-0.4, -0.2) is 43.6 Å². The number of sulfonamides is 1. The molecule has 2 aromatic rings. The number of hydrogen-bond acceptors (Lipinski definition) is 5. The highest BCUT2D eigenvalue weighted by atomic mass is 32.2. The lowest BCUT2D eigenvalue weighted by Gasteiger charge is -2.30. The average Bonchev–Trinajstić information content (AvgIpc) is 2.72. The van der Waals surface area contributed by atoms with Crippen LogP contribution in [0.3, 0.4) is 0 Å². The number of rotatable bonds is 6. The third kappa shape index (κ3) is 4.92. The first-order valence-corrected chi connectivity index (χ1v) is 12.0. The molecule has 1 saturated heterocycles. The van der Waals surface area contributed by atoms with E-state index in [0.717, 1.165) is 23.3 Å². The molecule has 0 atom stereocenters. The SMILES string of the molecule is CSc1ccc(S(=O)(=O)NCc2ccncc2)cc1C(=O)N1CCC(C)CC1. The summed E-state index contributed by atoms with van der Waals surface area (Å²) in [6.45, 7) is 3.79. The molecule has 0 bridgehead atoms. The van der Waals surface area contributed by atoms with E-state index in [1.165, 1.54) is 17.8 Å². The molecule has 1 aromatic carbocycles. The Bertz CT molecular complexity index is 925. The number of thioether (sulfide) groups is 1. The number of benzene rings is 1. The molecule has 1 aliphatic rings. The van der Waals surface area contributed by atoms with Crippen molar-refractivity contribution in [3.05, 3.63) is 53.9 Å². The van der Waals surface area contributed by atoms with Crippen LogP contribution in [0.1, 0.15) is 35.7 Å². The summed E-state index contributed by atoms with van der Waals surface area (Å²) >= 11 is 1.45. The Kier molecular flexibility index (Phi) is 6.74. The van der Waals surface area contributed by atoms with Gasteiger partial charge in [0.15, 0.2) is 0 Å². The Hall–Kier alpha value is -1.90. The van der Waals surface area contributed by atoms with Gasteiger partial charge in [-0.1, -0.05) is 6.92 Å². The van der Waals surface area contributed by atoms with Gasteiger partial charge in [0.2, 0.25) is 10.0 Å². The molecule has 1 aromatic heterocycles. The zero-order valence-electron chi connectivity index (χ0n) is 16.1. The molecular weight excluding hydrogens is 394 g/mol. The number of likely N-dealkylation sites (tertiary alicyclic amines) is 1. The Morgan fingerprint density at radius 2 is 1.89 bits per heavy atom. The lowest BCUT2D eigenvalue weighted by molar-refractivity contribution is 0.0693. The standard InChI is InChI=1S/C20H25N3O3S2/c1-15-7-11-23(12-8-15)20(24)18-13-17(3-4-19(18)27-2)28(25,26)22-14-16-5-9-21-10-6-16/h3-6,9-10,13,15,22H,7-8,11-12,14H2,1-2H3. The van der Waals surface area contributed by atoms with Crippen LogP contribution in [-0.2, 0) is 16.6 Å². The van der Waals surface area contributed by atoms with Crippen LogP contribution in [0.15, 0.2) is 52.5 Å². The van der Waals surface area contributed by atoms with E-state index in [-0.39, 0.29) is 17.3 Å². The van der Waals surface area contributed by atoms with E-state index in [9.17, 15) is 13.2 Å². The van der Waals surface area contributed by atoms with Gasteiger partial charge in [-0.3, -0.25) is 9.78 Å². The predicted molar refractivity (Wildman–Crippen MR) is 111 cm³/mol. The first kappa shape index (κ1) is 20.8. The summed E-state index contributed by atoms with van der Waals surface area (Å²) in [5.74, 6) is 0.524. The molecule has 1 fully saturated rings. The fourth-order valence-corrected chi connectivity index (χ4v) is 4.78. The van der Waals surface area contributed by atoms with Crippen molar-refractivity contribution in [1.82, 2.24) is 14.6 Å². The molecule has 8 heteroatoms. The molecule has 3 rings (SSSR count). The summed E-state index contributed by atoms with van der Waals surface area (Å²) in [5, 5.41) is 0. The first-order valence-electron chi connectivity index (χ1n) is 9.26. The van der Waals surface area contributed by atoms with Gasteiger partial charge >= 0.3 is 0 Å². The van der Waals surface area contributed by atoms with E-state index < -0.39 is 10.0 Å². The number of nitrogens with zero attached hydrogens (tertiary/aromatic N) is 2. The van der Waals surface area contributed by atoms with Crippen molar-refractivity contribution in [3.63, 3.8) is 0 Å². The molecule has 1 aliphatic heterocycles. The summed E-state index contributed by atoms with van der Waals surface area (Å²) in [4.78, 5) is 19.7. The topological polar surface area (TPSA) is 79.4 Å². The molecule has 2 heterocycles. The Morgan fingerprint density at radius 1 is 1.21 bits per heavy atom. The minimum Gasteiger partial charge on any atom is -0.339 e. The van der Waals surface area contributed by atoms with Crippen molar-refractivity contribution in [2.75, 3.05) is 19.3 Å². The molecule has 1 N–H and O–H groups in total. The molecule has 0 unspecified atom stereocenters. The maximum Gasteiger partial charge on any atom is 0.255 e. The van der Waals surface area contributed by atoms with Gasteiger partial charge in [0.05, 0.1) is 10.5 Å². The summed E-state index contributed by atoms with van der Waals surface area (Å²) in [7, 11) is -3.73. The second kappa shape index (κ2) is 9.07. The van der Waals surface area contributed by atoms with Gasteiger partial charge < -0.3 is 4.90 Å². The Morgan fingerprint density at radius 3 is 2.54 bits per heavy atom. The molecule has 1 amide bonds. The Labute approximate surface area is 170 Å². The van der Waals surface area contributed by atoms with Crippen molar-refractivity contribution >= 4 is 27.7 Å². The molecule has 150 valence electrons. The number of nitrogens with one attached hydrogen (secondary N) is 1. The maximum absolute atomic E-state index is 13.0. The van der Waals surface area contributed by atoms with Gasteiger partial charge in [0.1, 0.15) is 0 Å². The summed E-state index contributed by atoms with van der Waals surface area (Å²) < 4.78 is 28.1. The van der Waals surface area contributed by atoms with E-state index in [1.54, 1.807) is 36.7 Å². The van der Waals surface area contributed by atoms with Crippen LogP contribution in [0.4, 0.5) is 0 Å². The third-order valence-electron chi connectivity index (χ3n) is 5.00. The van der Waals surface area contributed by atoms with E-state index in [4.69, 9.17) is 0 Å². The second-order valence-corrected chi connectivity index (χ2v) is 9.63.